The number of hydrogen-bond donors (Lipinski definition) is 0. The molecule has 0 aromatic rings. The summed E-state index contributed by atoms with van der Waals surface area (Å²) in [5.74, 6) is -0.417. The van der Waals surface area contributed by atoms with Gasteiger partial charge in [-0.15, -0.1) is 74.8 Å². The largest absolute Gasteiger partial charge is 0.876 e. The second kappa shape index (κ2) is 42.7. The van der Waals surface area contributed by atoms with E-state index in [1.165, 1.54) is 34.6 Å². The van der Waals surface area contributed by atoms with Gasteiger partial charge in [0.05, 0.1) is 0 Å². The van der Waals surface area contributed by atoms with Crippen LogP contribution in [0.15, 0.2) is 74.8 Å². The average Bonchev–Trinajstić information content (AvgIpc) is 2.14. The van der Waals surface area contributed by atoms with E-state index in [2.05, 4.69) is 46.1 Å². The fourth-order valence-electron chi connectivity index (χ4n) is 0. The third-order valence-electron chi connectivity index (χ3n) is 0. The fourth-order valence-corrected chi connectivity index (χ4v) is 0. The van der Waals surface area contributed by atoms with E-state index in [0.29, 0.717) is 0 Å². The van der Waals surface area contributed by atoms with Crippen molar-refractivity contribution in [2.75, 3.05) is 0 Å². The summed E-state index contributed by atoms with van der Waals surface area (Å²) in [5.41, 5.74) is 0. The van der Waals surface area contributed by atoms with Crippen molar-refractivity contribution in [3.05, 3.63) is 74.8 Å². The van der Waals surface area contributed by atoms with E-state index in [1.54, 1.807) is 0 Å². The van der Waals surface area contributed by atoms with Crippen LogP contribution in [-0.4, -0.2) is 0 Å². The summed E-state index contributed by atoms with van der Waals surface area (Å²) in [6, 6.07) is 0. The molecule has 0 heterocycles. The molecule has 0 aromatic heterocycles. The summed E-state index contributed by atoms with van der Waals surface area (Å²) >= 11 is 0. The van der Waals surface area contributed by atoms with Crippen LogP contribution < -0.4 is 25.5 Å². The van der Waals surface area contributed by atoms with Crippen molar-refractivity contribution < 1.29 is 44.1 Å². The normalized spacial score (nSPS) is 5.61. The van der Waals surface area contributed by atoms with Crippen LogP contribution in [0.25, 0.3) is 0 Å². The Hall–Kier alpha value is -1.98. The molecule has 0 aliphatic carbocycles. The molecule has 0 N–H and O–H groups in total. The summed E-state index contributed by atoms with van der Waals surface area (Å²) < 4.78 is 0. The third kappa shape index (κ3) is 1670. The first-order chi connectivity index (χ1) is 9.66. The molecule has 0 saturated heterocycles. The number of rotatable bonds is 0. The molecule has 0 aromatic carbocycles. The SMILES string of the molecule is C=C.C=C(C)[O-].C=C(C)[O-].C=C(C)[O-].C=C(C)[O-].C=C(C)[O-].[V]. The van der Waals surface area contributed by atoms with Gasteiger partial charge in [0.25, 0.3) is 0 Å². The summed E-state index contributed by atoms with van der Waals surface area (Å²) in [6.45, 7) is 28.1. The first kappa shape index (κ1) is 42.9. The van der Waals surface area contributed by atoms with Gasteiger partial charge < -0.3 is 25.5 Å². The van der Waals surface area contributed by atoms with Gasteiger partial charge in [0.2, 0.25) is 0 Å². The van der Waals surface area contributed by atoms with E-state index >= 15 is 0 Å². The van der Waals surface area contributed by atoms with Crippen molar-refractivity contribution in [2.24, 2.45) is 0 Å². The first-order valence-electron chi connectivity index (χ1n) is 5.79. The monoisotopic (exact) mass is 364 g/mol. The Morgan fingerprint density at radius 3 is 0.435 bits per heavy atom. The van der Waals surface area contributed by atoms with E-state index < -0.39 is 0 Å². The maximum Gasteiger partial charge on any atom is 0 e. The van der Waals surface area contributed by atoms with E-state index in [-0.39, 0.29) is 47.4 Å². The Bertz CT molecular complexity index is 220. The maximum atomic E-state index is 9.33. The van der Waals surface area contributed by atoms with Crippen molar-refractivity contribution in [1.29, 1.82) is 0 Å². The molecule has 137 valence electrons. The zero-order valence-electron chi connectivity index (χ0n) is 14.9. The predicted molar refractivity (Wildman–Crippen MR) is 85.3 cm³/mol. The van der Waals surface area contributed by atoms with E-state index in [0.717, 1.165) is 0 Å². The topological polar surface area (TPSA) is 115 Å². The Morgan fingerprint density at radius 2 is 0.435 bits per heavy atom. The predicted octanol–water partition coefficient (Wildman–Crippen LogP) is 0.201. The summed E-state index contributed by atoms with van der Waals surface area (Å²) in [6.07, 6.45) is 0. The molecule has 0 unspecified atom stereocenters. The molecule has 0 rings (SSSR count). The van der Waals surface area contributed by atoms with Crippen molar-refractivity contribution in [3.63, 3.8) is 0 Å². The minimum absolute atomic E-state index is 0. The van der Waals surface area contributed by atoms with Gasteiger partial charge in [-0.3, -0.25) is 0 Å². The molecule has 0 bridgehead atoms. The van der Waals surface area contributed by atoms with Crippen molar-refractivity contribution in [3.8, 4) is 0 Å². The van der Waals surface area contributed by atoms with Crippen LogP contribution in [0, 0.1) is 0 Å². The molecular weight excluding hydrogens is 335 g/mol. The van der Waals surface area contributed by atoms with Crippen LogP contribution in [0.2, 0.25) is 0 Å². The first-order valence-corrected chi connectivity index (χ1v) is 5.79. The Kier molecular flexibility index (Phi) is 79.6. The summed E-state index contributed by atoms with van der Waals surface area (Å²) in [5, 5.41) is 46.7. The van der Waals surface area contributed by atoms with Gasteiger partial charge >= 0.3 is 0 Å². The molecule has 0 aliphatic heterocycles. The Balaban J connectivity index is -0.0000000268. The van der Waals surface area contributed by atoms with Crippen LogP contribution in [-0.2, 0) is 18.6 Å². The molecule has 0 fully saturated rings. The van der Waals surface area contributed by atoms with Crippen LogP contribution in [0.4, 0.5) is 0 Å². The molecule has 0 atom stereocenters. The van der Waals surface area contributed by atoms with Crippen LogP contribution >= 0.6 is 0 Å². The molecule has 0 spiro atoms. The van der Waals surface area contributed by atoms with E-state index in [9.17, 15) is 25.5 Å². The minimum Gasteiger partial charge on any atom is -0.876 e. The third-order valence-corrected chi connectivity index (χ3v) is 0. The molecule has 0 amide bonds. The molecular formula is C17H29O5V-5. The quantitative estimate of drug-likeness (QED) is 0.450. The second-order valence-electron chi connectivity index (χ2n) is 3.51. The smallest absolute Gasteiger partial charge is 0 e. The zero-order chi connectivity index (χ0) is 19.9. The molecule has 0 aliphatic rings. The zero-order valence-corrected chi connectivity index (χ0v) is 16.3. The van der Waals surface area contributed by atoms with Crippen molar-refractivity contribution in [1.82, 2.24) is 0 Å². The van der Waals surface area contributed by atoms with Gasteiger partial charge in [-0.05, 0) is 0 Å². The van der Waals surface area contributed by atoms with Gasteiger partial charge in [-0.1, -0.05) is 34.6 Å². The van der Waals surface area contributed by atoms with Gasteiger partial charge in [-0.2, -0.15) is 0 Å². The maximum absolute atomic E-state index is 9.33. The standard InChI is InChI=1S/5C3H6O.C2H4.V/c5*1-3(2)4;1-2;/h5*4H,1H2,2H3;1-2H2;/p-5. The van der Waals surface area contributed by atoms with Crippen molar-refractivity contribution in [2.45, 2.75) is 34.6 Å². The molecule has 0 saturated carbocycles. The van der Waals surface area contributed by atoms with Gasteiger partial charge in [0, 0.05) is 18.6 Å². The Morgan fingerprint density at radius 1 is 0.435 bits per heavy atom. The van der Waals surface area contributed by atoms with Crippen LogP contribution in [0.5, 0.6) is 0 Å². The summed E-state index contributed by atoms with van der Waals surface area (Å²) in [7, 11) is 0. The summed E-state index contributed by atoms with van der Waals surface area (Å²) in [4.78, 5) is 0. The van der Waals surface area contributed by atoms with Crippen LogP contribution in [0.1, 0.15) is 34.6 Å². The molecule has 6 heteroatoms. The van der Waals surface area contributed by atoms with Crippen molar-refractivity contribution >= 4 is 0 Å². The van der Waals surface area contributed by atoms with E-state index in [1.807, 2.05) is 0 Å². The average molecular weight is 364 g/mol. The molecule has 1 radical (unpaired) electrons. The van der Waals surface area contributed by atoms with E-state index in [4.69, 9.17) is 0 Å². The minimum atomic E-state index is -0.0833. The van der Waals surface area contributed by atoms with Gasteiger partial charge in [0.15, 0.2) is 0 Å². The van der Waals surface area contributed by atoms with Crippen LogP contribution in [0.3, 0.4) is 0 Å². The number of hydrogen-bond acceptors (Lipinski definition) is 5. The number of allylic oxidation sites excluding steroid dienone is 5. The fraction of sp³-hybridized carbons (Fsp3) is 0.294. The molecule has 23 heavy (non-hydrogen) atoms. The second-order valence-corrected chi connectivity index (χ2v) is 3.51. The Labute approximate surface area is 153 Å². The van der Waals surface area contributed by atoms with Gasteiger partial charge in [0.1, 0.15) is 0 Å². The van der Waals surface area contributed by atoms with Gasteiger partial charge in [-0.25, -0.2) is 0 Å². The molecule has 5 nitrogen and oxygen atoms in total.